The summed E-state index contributed by atoms with van der Waals surface area (Å²) >= 11 is 0. The minimum atomic E-state index is -2.11. The molecular weight excluding hydrogens is 1080 g/mol. The van der Waals surface area contributed by atoms with Gasteiger partial charge in [0.25, 0.3) is 5.91 Å². The molecule has 20 nitrogen and oxygen atoms in total. The normalized spacial score (nSPS) is 50.3. The van der Waals surface area contributed by atoms with Crippen molar-refractivity contribution in [2.75, 3.05) is 54.4 Å². The standard InChI is InChI=1S/C62H105FN4O16/c1-18-46-59(13,75)50(71)38(7)67(16)31-33(2)28-57(11,74)51(83-53-48(70)44(66(14)15)26-35(4)79-53)36(5)49(37(6)52(72)81-46)82-47-30-58(12,78-17)60(76,39(8)80-47)32-64-23-24-65-54(73)62(77)34(3)25-43-42-20-19-40-27-41(68)21-22-55(40,9)61(42,63)45(69)29-56(43,62)10/h19,21-22,33-39,42-51,53,64,69-71,74-77H,18,20,23-32H2,1-17H3,(H,65,73)/t33-,34-,35-,36+,37-,38-,39+,42?,43?,44+,45+,46-,47+,48-,49+,50-,51?,53+,55+,56+,57-,58-,59-,60+,61+,62+/m1/s1. The second kappa shape index (κ2) is 24.8. The van der Waals surface area contributed by atoms with Gasteiger partial charge in [-0.05, 0) is 139 Å². The number of hydrogen-bond donors (Lipinski definition) is 9. The number of methoxy groups -OCH3 is 1. The zero-order valence-corrected chi connectivity index (χ0v) is 52.7. The van der Waals surface area contributed by atoms with Crippen LogP contribution in [0.15, 0.2) is 23.8 Å². The van der Waals surface area contributed by atoms with E-state index in [0.29, 0.717) is 25.0 Å². The number of esters is 1. The highest BCUT2D eigenvalue weighted by atomic mass is 19.1. The largest absolute Gasteiger partial charge is 0.459 e. The smallest absolute Gasteiger partial charge is 0.311 e. The molecule has 0 spiro atoms. The molecule has 3 heterocycles. The maximum Gasteiger partial charge on any atom is 0.311 e. The summed E-state index contributed by atoms with van der Waals surface area (Å²) in [4.78, 5) is 45.2. The van der Waals surface area contributed by atoms with Crippen LogP contribution >= 0.6 is 0 Å². The third-order valence-electron chi connectivity index (χ3n) is 22.2. The Hall–Kier alpha value is -2.58. The molecule has 26 atom stereocenters. The average molecular weight is 1180 g/mol. The molecule has 7 aliphatic rings. The first-order valence-corrected chi connectivity index (χ1v) is 30.6. The molecule has 0 aromatic rings. The highest BCUT2D eigenvalue weighted by Gasteiger charge is 2.75. The Balaban J connectivity index is 1.09. The van der Waals surface area contributed by atoms with E-state index < -0.39 is 147 Å². The second-order valence-electron chi connectivity index (χ2n) is 28.1. The highest BCUT2D eigenvalue weighted by molar-refractivity contribution is 5.93. The molecule has 0 radical (unpaired) electrons. The van der Waals surface area contributed by atoms with Gasteiger partial charge in [0.2, 0.25) is 0 Å². The number of alkyl halides is 1. The molecule has 2 saturated carbocycles. The Labute approximate surface area is 492 Å². The summed E-state index contributed by atoms with van der Waals surface area (Å²) in [6.07, 6.45) is -5.00. The van der Waals surface area contributed by atoms with E-state index in [1.54, 1.807) is 75.3 Å². The number of allylic oxidation sites excluding steroid dienone is 4. The molecule has 0 bridgehead atoms. The fourth-order valence-electron chi connectivity index (χ4n) is 16.7. The van der Waals surface area contributed by atoms with Crippen LogP contribution in [0.2, 0.25) is 0 Å². The van der Waals surface area contributed by atoms with Crippen LogP contribution in [0.5, 0.6) is 0 Å². The number of rotatable bonds is 13. The van der Waals surface area contributed by atoms with Crippen LogP contribution in [0, 0.1) is 46.3 Å². The van der Waals surface area contributed by atoms with Crippen molar-refractivity contribution >= 4 is 17.7 Å². The predicted octanol–water partition coefficient (Wildman–Crippen LogP) is 3.32. The number of halogens is 1. The van der Waals surface area contributed by atoms with Crippen LogP contribution in [-0.2, 0) is 42.8 Å². The molecule has 5 fully saturated rings. The molecular formula is C62H105FN4O16. The van der Waals surface area contributed by atoms with Crippen molar-refractivity contribution in [3.05, 3.63) is 23.8 Å². The number of cyclic esters (lactones) is 1. The van der Waals surface area contributed by atoms with E-state index in [9.17, 15) is 50.1 Å². The number of aliphatic hydroxyl groups is 7. The summed E-state index contributed by atoms with van der Waals surface area (Å²) in [7, 11) is 7.00. The summed E-state index contributed by atoms with van der Waals surface area (Å²) in [5, 5.41) is 91.6. The molecule has 3 unspecified atom stereocenters. The summed E-state index contributed by atoms with van der Waals surface area (Å²) in [5.41, 5.74) is -12.5. The Morgan fingerprint density at radius 3 is 2.19 bits per heavy atom. The number of ether oxygens (including phenoxy) is 6. The number of carbonyl (C=O) groups is 3. The topological polar surface area (TPSA) is 279 Å². The molecule has 3 saturated heterocycles. The van der Waals surface area contributed by atoms with Gasteiger partial charge in [-0.25, -0.2) is 4.39 Å². The number of fused-ring (bicyclic) bond motifs is 5. The number of carbonyl (C=O) groups excluding carboxylic acids is 3. The van der Waals surface area contributed by atoms with Crippen LogP contribution in [0.3, 0.4) is 0 Å². The lowest BCUT2D eigenvalue weighted by Crippen LogP contribution is -2.70. The molecule has 0 aromatic heterocycles. The maximum atomic E-state index is 17.8. The number of nitrogens with zero attached hydrogens (tertiary/aromatic N) is 2. The summed E-state index contributed by atoms with van der Waals surface area (Å²) in [6.45, 7) is 23.0. The molecule has 3 aliphatic heterocycles. The first kappa shape index (κ1) is 67.9. The minimum Gasteiger partial charge on any atom is -0.459 e. The van der Waals surface area contributed by atoms with E-state index >= 15 is 4.39 Å². The third kappa shape index (κ3) is 11.9. The molecule has 9 N–H and O–H groups in total. The molecule has 0 aromatic carbocycles. The second-order valence-corrected chi connectivity index (χ2v) is 28.1. The molecule has 21 heteroatoms. The first-order valence-electron chi connectivity index (χ1n) is 30.6. The Kier molecular flexibility index (Phi) is 20.3. The van der Waals surface area contributed by atoms with E-state index in [1.165, 1.54) is 20.1 Å². The summed E-state index contributed by atoms with van der Waals surface area (Å²) in [6, 6.07) is -0.954. The summed E-state index contributed by atoms with van der Waals surface area (Å²) < 4.78 is 56.8. The third-order valence-corrected chi connectivity index (χ3v) is 22.2. The number of amides is 1. The molecule has 83 heavy (non-hydrogen) atoms. The first-order chi connectivity index (χ1) is 38.4. The van der Waals surface area contributed by atoms with E-state index in [-0.39, 0.29) is 82.0 Å². The maximum absolute atomic E-state index is 17.8. The lowest BCUT2D eigenvalue weighted by molar-refractivity contribution is -0.336. The number of aliphatic hydroxyl groups excluding tert-OH is 3. The van der Waals surface area contributed by atoms with Crippen molar-refractivity contribution < 1.29 is 82.9 Å². The van der Waals surface area contributed by atoms with Crippen molar-refractivity contribution in [2.24, 2.45) is 46.3 Å². The quantitative estimate of drug-likeness (QED) is 0.0727. The fourth-order valence-corrected chi connectivity index (χ4v) is 16.7. The van der Waals surface area contributed by atoms with Crippen molar-refractivity contribution in [1.82, 2.24) is 20.4 Å². The summed E-state index contributed by atoms with van der Waals surface area (Å²) in [5.74, 6) is -5.53. The zero-order chi connectivity index (χ0) is 62.1. The van der Waals surface area contributed by atoms with E-state index in [4.69, 9.17) is 28.4 Å². The molecule has 7 rings (SSSR count). The van der Waals surface area contributed by atoms with Gasteiger partial charge in [-0.3, -0.25) is 14.4 Å². The number of likely N-dealkylation sites (N-methyl/N-ethyl adjacent to an activating group) is 2. The molecule has 4 aliphatic carbocycles. The van der Waals surface area contributed by atoms with Crippen LogP contribution in [0.25, 0.3) is 0 Å². The van der Waals surface area contributed by atoms with Crippen molar-refractivity contribution in [2.45, 2.75) is 249 Å². The number of nitrogens with one attached hydrogen (secondary N) is 2. The number of hydrogen-bond acceptors (Lipinski definition) is 19. The van der Waals surface area contributed by atoms with Gasteiger partial charge in [0.15, 0.2) is 29.6 Å². The van der Waals surface area contributed by atoms with Crippen LogP contribution in [0.1, 0.15) is 141 Å². The van der Waals surface area contributed by atoms with Gasteiger partial charge in [-0.15, -0.1) is 0 Å². The Morgan fingerprint density at radius 1 is 0.904 bits per heavy atom. The predicted molar refractivity (Wildman–Crippen MR) is 307 cm³/mol. The van der Waals surface area contributed by atoms with Crippen molar-refractivity contribution in [3.8, 4) is 0 Å². The van der Waals surface area contributed by atoms with Gasteiger partial charge in [0.05, 0.1) is 42.0 Å². The van der Waals surface area contributed by atoms with Crippen LogP contribution in [0.4, 0.5) is 4.39 Å². The van der Waals surface area contributed by atoms with Crippen molar-refractivity contribution in [3.63, 3.8) is 0 Å². The van der Waals surface area contributed by atoms with E-state index in [0.717, 1.165) is 0 Å². The molecule has 1 amide bonds. The van der Waals surface area contributed by atoms with Crippen molar-refractivity contribution in [1.29, 1.82) is 0 Å². The van der Waals surface area contributed by atoms with Gasteiger partial charge in [0.1, 0.15) is 35.1 Å². The highest BCUT2D eigenvalue weighted by Crippen LogP contribution is 2.70. The number of ketones is 1. The van der Waals surface area contributed by atoms with Gasteiger partial charge in [-0.1, -0.05) is 52.3 Å². The van der Waals surface area contributed by atoms with Gasteiger partial charge in [0, 0.05) is 80.9 Å². The van der Waals surface area contributed by atoms with Crippen LogP contribution < -0.4 is 10.6 Å². The van der Waals surface area contributed by atoms with Gasteiger partial charge >= 0.3 is 5.97 Å². The Morgan fingerprint density at radius 2 is 1.57 bits per heavy atom. The molecule has 476 valence electrons. The zero-order valence-electron chi connectivity index (χ0n) is 52.7. The fraction of sp³-hybridized carbons (Fsp3) is 0.887. The van der Waals surface area contributed by atoms with Crippen LogP contribution in [-0.4, -0.2) is 225 Å². The van der Waals surface area contributed by atoms with E-state index in [1.807, 2.05) is 50.9 Å². The minimum absolute atomic E-state index is 0.0252. The monoisotopic (exact) mass is 1180 g/mol. The lowest BCUT2D eigenvalue weighted by atomic mass is 9.45. The average Bonchev–Trinajstić information content (AvgIpc) is 1.69. The van der Waals surface area contributed by atoms with Gasteiger partial charge < -0.3 is 84.6 Å². The van der Waals surface area contributed by atoms with Gasteiger partial charge in [-0.2, -0.15) is 0 Å². The van der Waals surface area contributed by atoms with E-state index in [2.05, 4.69) is 10.6 Å². The SMILES string of the molecule is CC[C@H]1OC(=O)[C@H](C)[C@@H](O[C@H]2C[C@@](C)(OC)[C@](O)(CNCCNC(=O)[C@@]3(O)[C@H](C)CC4C5CC=C6CC(=O)C=C[C@]6(C)[C@@]5(F)[C@@H](O)C[C@@]43C)[C@H](C)O2)[C@H](C)C(O[C@@H]2O[C@H](C)C[C@H](N(C)C)[C@H]2O)[C@](C)(O)C[C@@H](C)CN(C)[C@H](C)[C@@H](O)[C@]1(C)O. The lowest BCUT2D eigenvalue weighted by Gasteiger charge is -2.61. The Bertz CT molecular complexity index is 2380.